The minimum atomic E-state index is 0.704. The second kappa shape index (κ2) is 7.20. The molecule has 28 heavy (non-hydrogen) atoms. The summed E-state index contributed by atoms with van der Waals surface area (Å²) in [4.78, 5) is 9.21. The fourth-order valence-electron chi connectivity index (χ4n) is 4.57. The van der Waals surface area contributed by atoms with Crippen LogP contribution in [0.4, 0.5) is 0 Å². The number of nitrogens with zero attached hydrogens (tertiary/aromatic N) is 2. The summed E-state index contributed by atoms with van der Waals surface area (Å²) in [5.74, 6) is 0.704. The number of benzene rings is 3. The molecule has 0 spiro atoms. The lowest BCUT2D eigenvalue weighted by Crippen LogP contribution is -1.95. The van der Waals surface area contributed by atoms with E-state index in [1.165, 1.54) is 47.9 Å². The average molecular weight is 364 g/mol. The predicted molar refractivity (Wildman–Crippen MR) is 116 cm³/mol. The van der Waals surface area contributed by atoms with Gasteiger partial charge in [0.25, 0.3) is 0 Å². The van der Waals surface area contributed by atoms with Gasteiger partial charge in [-0.2, -0.15) is 0 Å². The molecular weight excluding hydrogens is 340 g/mol. The van der Waals surface area contributed by atoms with Crippen LogP contribution in [-0.4, -0.2) is 9.97 Å². The maximum Gasteiger partial charge on any atom is 0.116 e. The Balaban J connectivity index is 1.56. The van der Waals surface area contributed by atoms with Crippen LogP contribution in [0.3, 0.4) is 0 Å². The van der Waals surface area contributed by atoms with E-state index in [0.717, 1.165) is 22.2 Å². The Hall–Kier alpha value is -3.00. The highest BCUT2D eigenvalue weighted by Gasteiger charge is 2.18. The highest BCUT2D eigenvalue weighted by molar-refractivity contribution is 5.93. The van der Waals surface area contributed by atoms with Gasteiger partial charge >= 0.3 is 0 Å². The van der Waals surface area contributed by atoms with Gasteiger partial charge in [0.1, 0.15) is 6.33 Å². The van der Waals surface area contributed by atoms with Crippen LogP contribution in [0.5, 0.6) is 0 Å². The standard InChI is InChI=1S/C26H24N2/c1-18-15-22(12-13-23(18)20-9-3-2-4-10-20)26-24-14-11-21(19-7-5-6-8-19)16-25(24)27-17-28-26/h2-4,9-17,19H,5-8H2,1H3. The molecule has 1 aliphatic carbocycles. The number of rotatable bonds is 3. The van der Waals surface area contributed by atoms with Crippen LogP contribution >= 0.6 is 0 Å². The number of hydrogen-bond donors (Lipinski definition) is 0. The van der Waals surface area contributed by atoms with Crippen LogP contribution in [-0.2, 0) is 0 Å². The van der Waals surface area contributed by atoms with Crippen molar-refractivity contribution in [3.63, 3.8) is 0 Å². The van der Waals surface area contributed by atoms with E-state index < -0.39 is 0 Å². The molecule has 0 atom stereocenters. The first-order chi connectivity index (χ1) is 13.8. The summed E-state index contributed by atoms with van der Waals surface area (Å²) in [5, 5.41) is 1.14. The molecule has 4 aromatic rings. The van der Waals surface area contributed by atoms with Crippen molar-refractivity contribution in [3.05, 3.63) is 84.2 Å². The summed E-state index contributed by atoms with van der Waals surface area (Å²) >= 11 is 0. The van der Waals surface area contributed by atoms with Gasteiger partial charge in [-0.25, -0.2) is 9.97 Å². The van der Waals surface area contributed by atoms with Crippen molar-refractivity contribution >= 4 is 10.9 Å². The van der Waals surface area contributed by atoms with E-state index in [4.69, 9.17) is 0 Å². The van der Waals surface area contributed by atoms with E-state index in [2.05, 4.69) is 83.6 Å². The van der Waals surface area contributed by atoms with Crippen molar-refractivity contribution in [1.29, 1.82) is 0 Å². The number of aromatic nitrogens is 2. The van der Waals surface area contributed by atoms with Crippen molar-refractivity contribution < 1.29 is 0 Å². The second-order valence-corrected chi connectivity index (χ2v) is 7.88. The summed E-state index contributed by atoms with van der Waals surface area (Å²) < 4.78 is 0. The third-order valence-corrected chi connectivity index (χ3v) is 6.07. The van der Waals surface area contributed by atoms with Gasteiger partial charge in [-0.05, 0) is 60.1 Å². The Morgan fingerprint density at radius 2 is 1.61 bits per heavy atom. The van der Waals surface area contributed by atoms with Crippen LogP contribution in [0.2, 0.25) is 0 Å². The lowest BCUT2D eigenvalue weighted by Gasteiger charge is -2.13. The minimum absolute atomic E-state index is 0.704. The Labute approximate surface area is 166 Å². The minimum Gasteiger partial charge on any atom is -0.236 e. The molecular formula is C26H24N2. The van der Waals surface area contributed by atoms with Gasteiger partial charge in [-0.15, -0.1) is 0 Å². The lowest BCUT2D eigenvalue weighted by atomic mass is 9.94. The Bertz CT molecular complexity index is 1130. The van der Waals surface area contributed by atoms with E-state index in [1.54, 1.807) is 6.33 Å². The molecule has 1 fully saturated rings. The molecule has 3 aromatic carbocycles. The van der Waals surface area contributed by atoms with Crippen LogP contribution in [0, 0.1) is 6.92 Å². The molecule has 5 rings (SSSR count). The molecule has 1 aromatic heterocycles. The van der Waals surface area contributed by atoms with E-state index in [9.17, 15) is 0 Å². The molecule has 2 nitrogen and oxygen atoms in total. The van der Waals surface area contributed by atoms with Gasteiger partial charge < -0.3 is 0 Å². The average Bonchev–Trinajstić information content (AvgIpc) is 3.28. The number of aryl methyl sites for hydroxylation is 1. The van der Waals surface area contributed by atoms with E-state index >= 15 is 0 Å². The van der Waals surface area contributed by atoms with Gasteiger partial charge in [0, 0.05) is 10.9 Å². The summed E-state index contributed by atoms with van der Waals surface area (Å²) in [6.07, 6.45) is 7.03. The molecule has 0 bridgehead atoms. The third-order valence-electron chi connectivity index (χ3n) is 6.07. The summed E-state index contributed by atoms with van der Waals surface area (Å²) in [6, 6.07) is 24.0. The largest absolute Gasteiger partial charge is 0.236 e. The van der Waals surface area contributed by atoms with Crippen molar-refractivity contribution in [1.82, 2.24) is 9.97 Å². The van der Waals surface area contributed by atoms with Crippen LogP contribution in [0.15, 0.2) is 73.1 Å². The van der Waals surface area contributed by atoms with Crippen LogP contribution in [0.25, 0.3) is 33.3 Å². The molecule has 1 saturated carbocycles. The molecule has 0 unspecified atom stereocenters. The Morgan fingerprint density at radius 1 is 0.786 bits per heavy atom. The number of fused-ring (bicyclic) bond motifs is 1. The Kier molecular flexibility index (Phi) is 4.40. The SMILES string of the molecule is Cc1cc(-c2ncnc3cc(C4CCCC4)ccc23)ccc1-c1ccccc1. The second-order valence-electron chi connectivity index (χ2n) is 7.88. The van der Waals surface area contributed by atoms with E-state index in [0.29, 0.717) is 5.92 Å². The molecule has 0 amide bonds. The molecule has 1 aliphatic rings. The molecule has 0 saturated heterocycles. The Morgan fingerprint density at radius 3 is 2.39 bits per heavy atom. The zero-order valence-electron chi connectivity index (χ0n) is 16.2. The summed E-state index contributed by atoms with van der Waals surface area (Å²) in [6.45, 7) is 2.17. The van der Waals surface area contributed by atoms with Gasteiger partial charge in [-0.1, -0.05) is 67.4 Å². The van der Waals surface area contributed by atoms with Crippen LogP contribution < -0.4 is 0 Å². The number of hydrogen-bond acceptors (Lipinski definition) is 2. The molecule has 2 heteroatoms. The molecule has 138 valence electrons. The van der Waals surface area contributed by atoms with Gasteiger partial charge in [0.15, 0.2) is 0 Å². The molecule has 0 aliphatic heterocycles. The third kappa shape index (κ3) is 3.09. The van der Waals surface area contributed by atoms with Crippen molar-refractivity contribution in [2.75, 3.05) is 0 Å². The predicted octanol–water partition coefficient (Wildman–Crippen LogP) is 6.93. The van der Waals surface area contributed by atoms with Gasteiger partial charge in [0.05, 0.1) is 11.2 Å². The first-order valence-electron chi connectivity index (χ1n) is 10.2. The molecule has 1 heterocycles. The van der Waals surface area contributed by atoms with E-state index in [-0.39, 0.29) is 0 Å². The van der Waals surface area contributed by atoms with Gasteiger partial charge in [-0.3, -0.25) is 0 Å². The first-order valence-corrected chi connectivity index (χ1v) is 10.2. The summed E-state index contributed by atoms with van der Waals surface area (Å²) in [7, 11) is 0. The molecule has 0 radical (unpaired) electrons. The topological polar surface area (TPSA) is 25.8 Å². The lowest BCUT2D eigenvalue weighted by molar-refractivity contribution is 0.724. The highest BCUT2D eigenvalue weighted by atomic mass is 14.8. The monoisotopic (exact) mass is 364 g/mol. The smallest absolute Gasteiger partial charge is 0.116 e. The van der Waals surface area contributed by atoms with E-state index in [1.807, 2.05) is 0 Å². The van der Waals surface area contributed by atoms with Crippen LogP contribution in [0.1, 0.15) is 42.7 Å². The highest BCUT2D eigenvalue weighted by Crippen LogP contribution is 2.36. The maximum atomic E-state index is 4.64. The van der Waals surface area contributed by atoms with Crippen molar-refractivity contribution in [2.45, 2.75) is 38.5 Å². The van der Waals surface area contributed by atoms with Crippen molar-refractivity contribution in [3.8, 4) is 22.4 Å². The fourth-order valence-corrected chi connectivity index (χ4v) is 4.57. The zero-order valence-corrected chi connectivity index (χ0v) is 16.2. The van der Waals surface area contributed by atoms with Crippen molar-refractivity contribution in [2.24, 2.45) is 0 Å². The quantitative estimate of drug-likeness (QED) is 0.394. The molecule has 0 N–H and O–H groups in total. The normalized spacial score (nSPS) is 14.6. The van der Waals surface area contributed by atoms with Gasteiger partial charge in [0.2, 0.25) is 0 Å². The first kappa shape index (κ1) is 17.1. The summed E-state index contributed by atoms with van der Waals surface area (Å²) in [5.41, 5.74) is 8.44. The fraction of sp³-hybridized carbons (Fsp3) is 0.231. The zero-order chi connectivity index (χ0) is 18.9. The maximum absolute atomic E-state index is 4.64.